The number of hydrogen-bond acceptors (Lipinski definition) is 6. The van der Waals surface area contributed by atoms with Crippen molar-refractivity contribution in [1.82, 2.24) is 0 Å². The van der Waals surface area contributed by atoms with E-state index in [9.17, 15) is 14.0 Å². The number of methoxy groups -OCH3 is 2. The van der Waals surface area contributed by atoms with Gasteiger partial charge in [-0.3, -0.25) is 4.79 Å². The van der Waals surface area contributed by atoms with Crippen molar-refractivity contribution in [3.63, 3.8) is 0 Å². The summed E-state index contributed by atoms with van der Waals surface area (Å²) in [5, 5.41) is 3.27. The van der Waals surface area contributed by atoms with E-state index in [1.54, 1.807) is 63.2 Å². The second-order valence-electron chi connectivity index (χ2n) is 8.75. The summed E-state index contributed by atoms with van der Waals surface area (Å²) in [7, 11) is 4.69. The van der Waals surface area contributed by atoms with Crippen LogP contribution in [0, 0.1) is 5.82 Å². The Morgan fingerprint density at radius 3 is 2.34 bits per heavy atom. The molecule has 35 heavy (non-hydrogen) atoms. The molecule has 0 saturated carbocycles. The summed E-state index contributed by atoms with van der Waals surface area (Å²) in [6.45, 7) is 3.48. The maximum absolute atomic E-state index is 13.9. The molecule has 0 aliphatic carbocycles. The van der Waals surface area contributed by atoms with Crippen molar-refractivity contribution in [2.45, 2.75) is 26.0 Å². The van der Waals surface area contributed by atoms with Gasteiger partial charge in [0.2, 0.25) is 0 Å². The predicted octanol–water partition coefficient (Wildman–Crippen LogP) is 5.03. The Morgan fingerprint density at radius 2 is 1.69 bits per heavy atom. The fourth-order valence-corrected chi connectivity index (χ4v) is 4.27. The highest BCUT2D eigenvalue weighted by atomic mass is 19.1. The molecule has 182 valence electrons. The van der Waals surface area contributed by atoms with Gasteiger partial charge in [-0.15, -0.1) is 0 Å². The third kappa shape index (κ3) is 4.51. The van der Waals surface area contributed by atoms with E-state index < -0.39 is 17.3 Å². The number of fused-ring (bicyclic) bond motifs is 1. The predicted molar refractivity (Wildman–Crippen MR) is 132 cm³/mol. The third-order valence-electron chi connectivity index (χ3n) is 6.03. The smallest absolute Gasteiger partial charge is 0.338 e. The molecule has 1 aliphatic heterocycles. The van der Waals surface area contributed by atoms with Crippen molar-refractivity contribution in [3.05, 3.63) is 71.5 Å². The topological polar surface area (TPSA) is 77.1 Å². The molecule has 0 bridgehead atoms. The molecule has 0 aromatic heterocycles. The number of carbonyl (C=O) groups is 2. The number of ether oxygens (including phenoxy) is 3. The standard InChI is InChI=1S/C27H27FN2O5/c1-27(2)26(32)30(3)24-21(15-35-25(31)16-6-9-18(33-4)10-7-16)19(12-13-22(24)29-27)20-11-8-17(28)14-23(20)34-5/h6-14,29H,15H2,1-5H3. The summed E-state index contributed by atoms with van der Waals surface area (Å²) < 4.78 is 30.1. The molecule has 1 N–H and O–H groups in total. The number of esters is 1. The van der Waals surface area contributed by atoms with Crippen LogP contribution < -0.4 is 19.7 Å². The van der Waals surface area contributed by atoms with Crippen LogP contribution in [0.3, 0.4) is 0 Å². The molecule has 1 heterocycles. The maximum atomic E-state index is 13.9. The zero-order valence-electron chi connectivity index (χ0n) is 20.3. The normalized spacial score (nSPS) is 14.1. The van der Waals surface area contributed by atoms with E-state index >= 15 is 0 Å². The van der Waals surface area contributed by atoms with Crippen molar-refractivity contribution in [1.29, 1.82) is 0 Å². The number of likely N-dealkylation sites (N-methyl/N-ethyl adjacent to an activating group) is 1. The Morgan fingerprint density at radius 1 is 1.00 bits per heavy atom. The van der Waals surface area contributed by atoms with Crippen molar-refractivity contribution < 1.29 is 28.2 Å². The summed E-state index contributed by atoms with van der Waals surface area (Å²) in [5.41, 5.74) is 2.71. The first-order chi connectivity index (χ1) is 16.7. The molecular formula is C27H27FN2O5. The number of nitrogens with one attached hydrogen (secondary N) is 1. The lowest BCUT2D eigenvalue weighted by Gasteiger charge is -2.39. The molecule has 8 heteroatoms. The van der Waals surface area contributed by atoms with Crippen molar-refractivity contribution in [3.8, 4) is 22.6 Å². The van der Waals surface area contributed by atoms with Crippen LogP contribution in [0.1, 0.15) is 29.8 Å². The van der Waals surface area contributed by atoms with Crippen LogP contribution >= 0.6 is 0 Å². The number of nitrogens with zero attached hydrogens (tertiary/aromatic N) is 1. The number of halogens is 1. The SMILES string of the molecule is COc1ccc(C(=O)OCc2c(-c3ccc(F)cc3OC)ccc3c2N(C)C(=O)C(C)(C)N3)cc1. The van der Waals surface area contributed by atoms with E-state index in [2.05, 4.69) is 5.32 Å². The molecule has 0 saturated heterocycles. The van der Waals surface area contributed by atoms with Gasteiger partial charge in [0.1, 0.15) is 29.5 Å². The van der Waals surface area contributed by atoms with Gasteiger partial charge in [0.25, 0.3) is 5.91 Å². The number of amides is 1. The monoisotopic (exact) mass is 478 g/mol. The Balaban J connectivity index is 1.80. The average Bonchev–Trinajstić information content (AvgIpc) is 2.85. The summed E-state index contributed by atoms with van der Waals surface area (Å²) in [6.07, 6.45) is 0. The van der Waals surface area contributed by atoms with Crippen LogP contribution in [-0.2, 0) is 16.1 Å². The molecule has 0 unspecified atom stereocenters. The second-order valence-corrected chi connectivity index (χ2v) is 8.75. The van der Waals surface area contributed by atoms with E-state index in [0.29, 0.717) is 39.4 Å². The van der Waals surface area contributed by atoms with Crippen molar-refractivity contribution >= 4 is 23.3 Å². The summed E-state index contributed by atoms with van der Waals surface area (Å²) in [6, 6.07) is 14.5. The number of rotatable bonds is 6. The summed E-state index contributed by atoms with van der Waals surface area (Å²) >= 11 is 0. The first-order valence-corrected chi connectivity index (χ1v) is 11.0. The first kappa shape index (κ1) is 24.1. The van der Waals surface area contributed by atoms with Crippen molar-refractivity contribution in [2.24, 2.45) is 0 Å². The van der Waals surface area contributed by atoms with E-state index in [1.807, 2.05) is 12.1 Å². The Hall–Kier alpha value is -4.07. The minimum absolute atomic E-state index is 0.121. The zero-order valence-corrected chi connectivity index (χ0v) is 20.3. The lowest BCUT2D eigenvalue weighted by atomic mass is 9.92. The van der Waals surface area contributed by atoms with Crippen LogP contribution in [-0.4, -0.2) is 38.7 Å². The number of hydrogen-bond donors (Lipinski definition) is 1. The van der Waals surface area contributed by atoms with Gasteiger partial charge in [0.05, 0.1) is 31.2 Å². The fraction of sp³-hybridized carbons (Fsp3) is 0.259. The molecule has 3 aromatic rings. The van der Waals surface area contributed by atoms with E-state index in [4.69, 9.17) is 14.2 Å². The molecule has 0 spiro atoms. The number of anilines is 2. The summed E-state index contributed by atoms with van der Waals surface area (Å²) in [5.74, 6) is -0.160. The number of benzene rings is 3. The van der Waals surface area contributed by atoms with Gasteiger partial charge in [0, 0.05) is 24.2 Å². The van der Waals surface area contributed by atoms with Crippen LogP contribution in [0.15, 0.2) is 54.6 Å². The molecule has 1 aliphatic rings. The van der Waals surface area contributed by atoms with Gasteiger partial charge < -0.3 is 24.4 Å². The Kier molecular flexibility index (Phi) is 6.39. The highest BCUT2D eigenvalue weighted by Gasteiger charge is 2.38. The lowest BCUT2D eigenvalue weighted by molar-refractivity contribution is -0.121. The van der Waals surface area contributed by atoms with Gasteiger partial charge in [-0.25, -0.2) is 9.18 Å². The minimum atomic E-state index is -0.812. The van der Waals surface area contributed by atoms with E-state index in [0.717, 1.165) is 5.69 Å². The Labute approximate surface area is 203 Å². The molecule has 1 amide bonds. The minimum Gasteiger partial charge on any atom is -0.497 e. The van der Waals surface area contributed by atoms with Gasteiger partial charge in [-0.1, -0.05) is 6.07 Å². The van der Waals surface area contributed by atoms with Gasteiger partial charge in [-0.2, -0.15) is 0 Å². The molecule has 4 rings (SSSR count). The quantitative estimate of drug-likeness (QED) is 0.501. The number of carbonyl (C=O) groups excluding carboxylic acids is 2. The second kappa shape index (κ2) is 9.29. The molecular weight excluding hydrogens is 451 g/mol. The first-order valence-electron chi connectivity index (χ1n) is 11.0. The van der Waals surface area contributed by atoms with Crippen LogP contribution in [0.5, 0.6) is 11.5 Å². The summed E-state index contributed by atoms with van der Waals surface area (Å²) in [4.78, 5) is 27.4. The van der Waals surface area contributed by atoms with Crippen LogP contribution in [0.4, 0.5) is 15.8 Å². The molecule has 3 aromatic carbocycles. The van der Waals surface area contributed by atoms with Gasteiger partial charge in [-0.05, 0) is 61.9 Å². The molecule has 7 nitrogen and oxygen atoms in total. The largest absolute Gasteiger partial charge is 0.497 e. The third-order valence-corrected chi connectivity index (χ3v) is 6.03. The Bertz CT molecular complexity index is 1290. The zero-order chi connectivity index (χ0) is 25.3. The van der Waals surface area contributed by atoms with Gasteiger partial charge >= 0.3 is 5.97 Å². The van der Waals surface area contributed by atoms with Crippen LogP contribution in [0.25, 0.3) is 11.1 Å². The van der Waals surface area contributed by atoms with Crippen LogP contribution in [0.2, 0.25) is 0 Å². The van der Waals surface area contributed by atoms with E-state index in [-0.39, 0.29) is 12.5 Å². The molecule has 0 radical (unpaired) electrons. The average molecular weight is 479 g/mol. The van der Waals surface area contributed by atoms with E-state index in [1.165, 1.54) is 19.2 Å². The molecule has 0 atom stereocenters. The maximum Gasteiger partial charge on any atom is 0.338 e. The lowest BCUT2D eigenvalue weighted by Crippen LogP contribution is -2.52. The highest BCUT2D eigenvalue weighted by molar-refractivity contribution is 6.09. The fourth-order valence-electron chi connectivity index (χ4n) is 4.27. The van der Waals surface area contributed by atoms with Crippen molar-refractivity contribution in [2.75, 3.05) is 31.5 Å². The molecule has 0 fully saturated rings. The van der Waals surface area contributed by atoms with Gasteiger partial charge in [0.15, 0.2) is 0 Å². The highest BCUT2D eigenvalue weighted by Crippen LogP contribution is 2.44.